The Morgan fingerprint density at radius 3 is 2.64 bits per heavy atom. The predicted molar refractivity (Wildman–Crippen MR) is 135 cm³/mol. The Morgan fingerprint density at radius 2 is 1.94 bits per heavy atom. The minimum absolute atomic E-state index is 0.320. The third-order valence-electron chi connectivity index (χ3n) is 5.04. The van der Waals surface area contributed by atoms with E-state index in [2.05, 4.69) is 40.9 Å². The van der Waals surface area contributed by atoms with Crippen molar-refractivity contribution in [3.63, 3.8) is 0 Å². The second kappa shape index (κ2) is 11.0. The van der Waals surface area contributed by atoms with Gasteiger partial charge in [-0.05, 0) is 53.8 Å². The number of benzene rings is 2. The zero-order valence-corrected chi connectivity index (χ0v) is 20.6. The number of halogens is 2. The van der Waals surface area contributed by atoms with Gasteiger partial charge in [0.1, 0.15) is 23.0 Å². The van der Waals surface area contributed by atoms with Crippen molar-refractivity contribution in [2.75, 3.05) is 12.4 Å². The molecule has 0 fully saturated rings. The highest BCUT2D eigenvalue weighted by molar-refractivity contribution is 6.32. The van der Waals surface area contributed by atoms with E-state index in [0.29, 0.717) is 38.6 Å². The molecule has 36 heavy (non-hydrogen) atoms. The van der Waals surface area contributed by atoms with Crippen molar-refractivity contribution in [2.24, 2.45) is 0 Å². The Kier molecular flexibility index (Phi) is 7.62. The number of H-pyrrole nitrogens is 1. The lowest BCUT2D eigenvalue weighted by Gasteiger charge is -2.10. The standard InChI is InChI=1S/C23H20Cl2N8O3/c1-13(22-29-20(21(25)30-22)14-3-7-17(8-4-14)28-23(35)36-2)27-19(34)10-5-15-11-16(24)6-9-18(15)33-12-26-31-32-33/h3-13H,1-2H3,(H,27,34)(H,28,35)(H,29,30). The van der Waals surface area contributed by atoms with Crippen LogP contribution in [-0.4, -0.2) is 49.3 Å². The lowest BCUT2D eigenvalue weighted by atomic mass is 10.1. The van der Waals surface area contributed by atoms with Gasteiger partial charge in [-0.15, -0.1) is 5.10 Å². The number of aromatic nitrogens is 6. The highest BCUT2D eigenvalue weighted by atomic mass is 35.5. The number of nitrogens with zero attached hydrogens (tertiary/aromatic N) is 5. The van der Waals surface area contributed by atoms with E-state index in [-0.39, 0.29) is 5.91 Å². The van der Waals surface area contributed by atoms with Crippen LogP contribution < -0.4 is 10.6 Å². The Hall–Kier alpha value is -4.22. The average molecular weight is 527 g/mol. The van der Waals surface area contributed by atoms with Crippen molar-refractivity contribution >= 4 is 47.0 Å². The van der Waals surface area contributed by atoms with E-state index in [4.69, 9.17) is 23.2 Å². The molecule has 0 saturated carbocycles. The quantitative estimate of drug-likeness (QED) is 0.302. The smallest absolute Gasteiger partial charge is 0.411 e. The van der Waals surface area contributed by atoms with E-state index in [1.54, 1.807) is 55.5 Å². The molecule has 13 heteroatoms. The van der Waals surface area contributed by atoms with Gasteiger partial charge in [0, 0.05) is 27.9 Å². The van der Waals surface area contributed by atoms with Gasteiger partial charge in [-0.1, -0.05) is 35.3 Å². The summed E-state index contributed by atoms with van der Waals surface area (Å²) in [6, 6.07) is 11.6. The number of tetrazole rings is 1. The molecule has 0 spiro atoms. The molecule has 4 aromatic rings. The number of nitrogens with one attached hydrogen (secondary N) is 3. The lowest BCUT2D eigenvalue weighted by molar-refractivity contribution is -0.117. The highest BCUT2D eigenvalue weighted by Gasteiger charge is 2.17. The number of methoxy groups -OCH3 is 1. The molecule has 2 aromatic heterocycles. The minimum atomic E-state index is -0.566. The first-order chi connectivity index (χ1) is 17.3. The van der Waals surface area contributed by atoms with E-state index in [1.165, 1.54) is 24.2 Å². The molecule has 11 nitrogen and oxygen atoms in total. The predicted octanol–water partition coefficient (Wildman–Crippen LogP) is 4.43. The molecule has 1 unspecified atom stereocenters. The fourth-order valence-corrected chi connectivity index (χ4v) is 3.71. The molecule has 4 rings (SSSR count). The number of anilines is 1. The van der Waals surface area contributed by atoms with Crippen LogP contribution in [-0.2, 0) is 9.53 Å². The van der Waals surface area contributed by atoms with Crippen molar-refractivity contribution in [3.05, 3.63) is 76.4 Å². The second-order valence-corrected chi connectivity index (χ2v) is 8.31. The number of amides is 2. The normalized spacial score (nSPS) is 11.9. The van der Waals surface area contributed by atoms with Crippen LogP contribution in [0, 0.1) is 0 Å². The summed E-state index contributed by atoms with van der Waals surface area (Å²) < 4.78 is 6.05. The molecule has 2 amide bonds. The molecule has 1 atom stereocenters. The lowest BCUT2D eigenvalue weighted by Crippen LogP contribution is -2.25. The molecule has 2 heterocycles. The largest absolute Gasteiger partial charge is 0.453 e. The van der Waals surface area contributed by atoms with Gasteiger partial charge < -0.3 is 15.0 Å². The van der Waals surface area contributed by atoms with E-state index in [9.17, 15) is 9.59 Å². The molecule has 2 aromatic carbocycles. The number of rotatable bonds is 7. The highest BCUT2D eigenvalue weighted by Crippen LogP contribution is 2.28. The van der Waals surface area contributed by atoms with Gasteiger partial charge >= 0.3 is 6.09 Å². The summed E-state index contributed by atoms with van der Waals surface area (Å²) in [4.78, 5) is 31.5. The van der Waals surface area contributed by atoms with Crippen LogP contribution in [0.15, 0.2) is 54.9 Å². The summed E-state index contributed by atoms with van der Waals surface area (Å²) in [5.41, 5.74) is 3.13. The van der Waals surface area contributed by atoms with Gasteiger partial charge in [0.15, 0.2) is 0 Å². The summed E-state index contributed by atoms with van der Waals surface area (Å²) in [5, 5.41) is 17.4. The Morgan fingerprint density at radius 1 is 1.17 bits per heavy atom. The fourth-order valence-electron chi connectivity index (χ4n) is 3.28. The Bertz CT molecular complexity index is 1400. The second-order valence-electron chi connectivity index (χ2n) is 7.50. The van der Waals surface area contributed by atoms with Gasteiger partial charge in [-0.3, -0.25) is 10.1 Å². The van der Waals surface area contributed by atoms with Crippen molar-refractivity contribution in [3.8, 4) is 16.9 Å². The summed E-state index contributed by atoms with van der Waals surface area (Å²) in [6.07, 6.45) is 3.89. The summed E-state index contributed by atoms with van der Waals surface area (Å²) in [7, 11) is 1.29. The Labute approximate surface area is 215 Å². The van der Waals surface area contributed by atoms with Gasteiger partial charge in [0.05, 0.1) is 18.8 Å². The van der Waals surface area contributed by atoms with Crippen molar-refractivity contribution in [1.82, 2.24) is 35.5 Å². The number of aromatic amines is 1. The van der Waals surface area contributed by atoms with Gasteiger partial charge in [0.2, 0.25) is 5.91 Å². The molecular weight excluding hydrogens is 507 g/mol. The zero-order valence-electron chi connectivity index (χ0n) is 19.1. The first kappa shape index (κ1) is 24.9. The van der Waals surface area contributed by atoms with Crippen LogP contribution >= 0.6 is 23.2 Å². The molecule has 0 aliphatic heterocycles. The Balaban J connectivity index is 1.45. The molecule has 0 aliphatic rings. The number of ether oxygens (including phenoxy) is 1. The zero-order chi connectivity index (χ0) is 25.7. The minimum Gasteiger partial charge on any atom is -0.453 e. The number of carbonyl (C=O) groups excluding carboxylic acids is 2. The summed E-state index contributed by atoms with van der Waals surface area (Å²) in [6.45, 7) is 1.78. The molecule has 0 aliphatic carbocycles. The van der Waals surface area contributed by atoms with Crippen LogP contribution in [0.3, 0.4) is 0 Å². The van der Waals surface area contributed by atoms with Crippen LogP contribution in [0.25, 0.3) is 23.0 Å². The third kappa shape index (κ3) is 5.88. The van der Waals surface area contributed by atoms with E-state index < -0.39 is 12.1 Å². The van der Waals surface area contributed by atoms with E-state index in [1.807, 2.05) is 0 Å². The fraction of sp³-hybridized carbons (Fsp3) is 0.130. The molecule has 0 radical (unpaired) electrons. The molecular formula is C23H20Cl2N8O3. The maximum absolute atomic E-state index is 12.6. The van der Waals surface area contributed by atoms with Crippen LogP contribution in [0.1, 0.15) is 24.4 Å². The van der Waals surface area contributed by atoms with Crippen molar-refractivity contribution in [1.29, 1.82) is 0 Å². The number of hydrogen-bond donors (Lipinski definition) is 3. The maximum Gasteiger partial charge on any atom is 0.411 e. The number of hydrogen-bond acceptors (Lipinski definition) is 7. The van der Waals surface area contributed by atoms with Gasteiger partial charge in [-0.2, -0.15) is 4.68 Å². The summed E-state index contributed by atoms with van der Waals surface area (Å²) >= 11 is 12.5. The van der Waals surface area contributed by atoms with Crippen molar-refractivity contribution < 1.29 is 14.3 Å². The van der Waals surface area contributed by atoms with Gasteiger partial charge in [-0.25, -0.2) is 9.78 Å². The van der Waals surface area contributed by atoms with Crippen LogP contribution in [0.4, 0.5) is 10.5 Å². The number of imidazole rings is 1. The monoisotopic (exact) mass is 526 g/mol. The van der Waals surface area contributed by atoms with E-state index in [0.717, 1.165) is 5.56 Å². The number of carbonyl (C=O) groups is 2. The van der Waals surface area contributed by atoms with Gasteiger partial charge in [0.25, 0.3) is 0 Å². The molecule has 0 bridgehead atoms. The van der Waals surface area contributed by atoms with E-state index >= 15 is 0 Å². The molecule has 0 saturated heterocycles. The summed E-state index contributed by atoms with van der Waals surface area (Å²) in [5.74, 6) is 0.128. The average Bonchev–Trinajstić information content (AvgIpc) is 3.53. The first-order valence-electron chi connectivity index (χ1n) is 10.6. The first-order valence-corrected chi connectivity index (χ1v) is 11.3. The molecule has 184 valence electrons. The topological polar surface area (TPSA) is 140 Å². The van der Waals surface area contributed by atoms with Crippen molar-refractivity contribution in [2.45, 2.75) is 13.0 Å². The third-order valence-corrected chi connectivity index (χ3v) is 5.55. The van der Waals surface area contributed by atoms with Crippen LogP contribution in [0.5, 0.6) is 0 Å². The maximum atomic E-state index is 12.6. The molecule has 3 N–H and O–H groups in total. The SMILES string of the molecule is COC(=O)Nc1ccc(-c2nc(C(C)NC(=O)C=Cc3cc(Cl)ccc3-n3cnnn3)[nH]c2Cl)cc1. The van der Waals surface area contributed by atoms with Crippen LogP contribution in [0.2, 0.25) is 10.2 Å².